The van der Waals surface area contributed by atoms with Crippen LogP contribution in [-0.4, -0.2) is 24.1 Å². The van der Waals surface area contributed by atoms with Crippen molar-refractivity contribution in [3.8, 4) is 0 Å². The van der Waals surface area contributed by atoms with E-state index in [0.29, 0.717) is 11.3 Å². The molecule has 1 aromatic heterocycles. The summed E-state index contributed by atoms with van der Waals surface area (Å²) in [4.78, 5) is 11.8. The molecule has 0 unspecified atom stereocenters. The van der Waals surface area contributed by atoms with Crippen LogP contribution < -0.4 is 10.5 Å². The first-order valence-electron chi connectivity index (χ1n) is 5.29. The molecule has 1 aromatic carbocycles. The topological polar surface area (TPSA) is 107 Å². The highest BCUT2D eigenvalue weighted by molar-refractivity contribution is 7.89. The molecule has 0 saturated heterocycles. The lowest BCUT2D eigenvalue weighted by atomic mass is 10.3. The molecule has 1 amide bonds. The summed E-state index contributed by atoms with van der Waals surface area (Å²) in [6, 6.07) is 5.72. The van der Waals surface area contributed by atoms with E-state index in [-0.39, 0.29) is 10.8 Å². The lowest BCUT2D eigenvalue weighted by Gasteiger charge is -2.05. The highest BCUT2D eigenvalue weighted by Crippen LogP contribution is 2.15. The van der Waals surface area contributed by atoms with Gasteiger partial charge in [-0.3, -0.25) is 9.48 Å². The number of aryl methyl sites for hydroxylation is 1. The molecule has 2 rings (SSSR count). The van der Waals surface area contributed by atoms with Crippen molar-refractivity contribution in [1.82, 2.24) is 9.78 Å². The standard InChI is InChI=1S/C11H12N4O3S/c1-15-7-8(6-13-15)11(16)14-9-3-2-4-10(5-9)19(12,17)18/h2-7H,1H3,(H,14,16)(H2,12,17,18). The maximum atomic E-state index is 11.8. The molecule has 8 heteroatoms. The van der Waals surface area contributed by atoms with Crippen molar-refractivity contribution in [2.24, 2.45) is 12.2 Å². The van der Waals surface area contributed by atoms with Crippen LogP contribution in [0.15, 0.2) is 41.6 Å². The van der Waals surface area contributed by atoms with Gasteiger partial charge in [0.15, 0.2) is 0 Å². The molecule has 0 aliphatic rings. The van der Waals surface area contributed by atoms with Crippen molar-refractivity contribution in [3.63, 3.8) is 0 Å². The molecule has 7 nitrogen and oxygen atoms in total. The summed E-state index contributed by atoms with van der Waals surface area (Å²) < 4.78 is 23.9. The second-order valence-electron chi connectivity index (χ2n) is 3.93. The number of sulfonamides is 1. The van der Waals surface area contributed by atoms with Crippen molar-refractivity contribution < 1.29 is 13.2 Å². The summed E-state index contributed by atoms with van der Waals surface area (Å²) in [5, 5.41) is 11.5. The van der Waals surface area contributed by atoms with Crippen LogP contribution in [0.5, 0.6) is 0 Å². The lowest BCUT2D eigenvalue weighted by Crippen LogP contribution is -2.14. The molecular formula is C11H12N4O3S. The average molecular weight is 280 g/mol. The van der Waals surface area contributed by atoms with E-state index >= 15 is 0 Å². The third-order valence-corrected chi connectivity index (χ3v) is 3.30. The van der Waals surface area contributed by atoms with Gasteiger partial charge in [-0.25, -0.2) is 13.6 Å². The van der Waals surface area contributed by atoms with E-state index < -0.39 is 10.0 Å². The van der Waals surface area contributed by atoms with Crippen LogP contribution in [0.3, 0.4) is 0 Å². The molecule has 19 heavy (non-hydrogen) atoms. The Hall–Kier alpha value is -2.19. The zero-order valence-electron chi connectivity index (χ0n) is 10.1. The number of hydrogen-bond acceptors (Lipinski definition) is 4. The number of aromatic nitrogens is 2. The number of amides is 1. The zero-order valence-corrected chi connectivity index (χ0v) is 10.9. The maximum absolute atomic E-state index is 11.8. The highest BCUT2D eigenvalue weighted by Gasteiger charge is 2.11. The Labute approximate surface area is 110 Å². The van der Waals surface area contributed by atoms with Gasteiger partial charge in [-0.2, -0.15) is 5.10 Å². The number of carbonyl (C=O) groups is 1. The number of anilines is 1. The third-order valence-electron chi connectivity index (χ3n) is 2.39. The van der Waals surface area contributed by atoms with Gasteiger partial charge in [-0.1, -0.05) is 6.07 Å². The number of hydrogen-bond donors (Lipinski definition) is 2. The van der Waals surface area contributed by atoms with Gasteiger partial charge in [0.05, 0.1) is 16.7 Å². The lowest BCUT2D eigenvalue weighted by molar-refractivity contribution is 0.102. The van der Waals surface area contributed by atoms with Crippen molar-refractivity contribution in [1.29, 1.82) is 0 Å². The number of nitrogens with two attached hydrogens (primary N) is 1. The second-order valence-corrected chi connectivity index (χ2v) is 5.49. The van der Waals surface area contributed by atoms with Crippen LogP contribution in [0, 0.1) is 0 Å². The Morgan fingerprint density at radius 2 is 2.16 bits per heavy atom. The maximum Gasteiger partial charge on any atom is 0.258 e. The van der Waals surface area contributed by atoms with Gasteiger partial charge in [0.1, 0.15) is 0 Å². The highest BCUT2D eigenvalue weighted by atomic mass is 32.2. The van der Waals surface area contributed by atoms with Gasteiger partial charge < -0.3 is 5.32 Å². The van der Waals surface area contributed by atoms with Crippen LogP contribution >= 0.6 is 0 Å². The smallest absolute Gasteiger partial charge is 0.258 e. The summed E-state index contributed by atoms with van der Waals surface area (Å²) in [5.74, 6) is -0.375. The fourth-order valence-corrected chi connectivity index (χ4v) is 2.05. The van der Waals surface area contributed by atoms with Gasteiger partial charge in [-0.15, -0.1) is 0 Å². The molecule has 1 heterocycles. The molecule has 0 aliphatic carbocycles. The minimum atomic E-state index is -3.79. The molecule has 3 N–H and O–H groups in total. The molecule has 100 valence electrons. The van der Waals surface area contributed by atoms with E-state index in [1.54, 1.807) is 19.3 Å². The summed E-state index contributed by atoms with van der Waals surface area (Å²) in [6.07, 6.45) is 2.97. The van der Waals surface area contributed by atoms with Gasteiger partial charge in [0.25, 0.3) is 5.91 Å². The van der Waals surface area contributed by atoms with E-state index in [9.17, 15) is 13.2 Å². The third kappa shape index (κ3) is 3.18. The van der Waals surface area contributed by atoms with Gasteiger partial charge in [-0.05, 0) is 18.2 Å². The number of rotatable bonds is 3. The van der Waals surface area contributed by atoms with Crippen LogP contribution in [-0.2, 0) is 17.1 Å². The first kappa shape index (κ1) is 13.2. The van der Waals surface area contributed by atoms with E-state index in [1.807, 2.05) is 0 Å². The molecule has 0 bridgehead atoms. The number of nitrogens with one attached hydrogen (secondary N) is 1. The molecule has 0 spiro atoms. The number of primary sulfonamides is 1. The van der Waals surface area contributed by atoms with Crippen LogP contribution in [0.2, 0.25) is 0 Å². The van der Waals surface area contributed by atoms with Crippen molar-refractivity contribution in [2.75, 3.05) is 5.32 Å². The van der Waals surface area contributed by atoms with E-state index in [1.165, 1.54) is 29.1 Å². The first-order chi connectivity index (χ1) is 8.86. The molecule has 0 fully saturated rings. The molecular weight excluding hydrogens is 268 g/mol. The SMILES string of the molecule is Cn1cc(C(=O)Nc2cccc(S(N)(=O)=O)c2)cn1. The zero-order chi connectivity index (χ0) is 14.0. The largest absolute Gasteiger partial charge is 0.322 e. The average Bonchev–Trinajstić information content (AvgIpc) is 2.75. The van der Waals surface area contributed by atoms with Crippen LogP contribution in [0.4, 0.5) is 5.69 Å². The van der Waals surface area contributed by atoms with E-state index in [2.05, 4.69) is 10.4 Å². The fourth-order valence-electron chi connectivity index (χ4n) is 1.49. The van der Waals surface area contributed by atoms with Gasteiger partial charge in [0.2, 0.25) is 10.0 Å². The van der Waals surface area contributed by atoms with E-state index in [0.717, 1.165) is 0 Å². The van der Waals surface area contributed by atoms with Crippen molar-refractivity contribution in [3.05, 3.63) is 42.2 Å². The molecule has 0 radical (unpaired) electrons. The Bertz CT molecular complexity index is 721. The Kier molecular flexibility index (Phi) is 3.36. The Balaban J connectivity index is 2.22. The first-order valence-corrected chi connectivity index (χ1v) is 6.84. The quantitative estimate of drug-likeness (QED) is 0.844. The second kappa shape index (κ2) is 4.82. The summed E-state index contributed by atoms with van der Waals surface area (Å²) >= 11 is 0. The molecule has 2 aromatic rings. The monoisotopic (exact) mass is 280 g/mol. The summed E-state index contributed by atoms with van der Waals surface area (Å²) in [7, 11) is -2.10. The van der Waals surface area contributed by atoms with Gasteiger partial charge >= 0.3 is 0 Å². The summed E-state index contributed by atoms with van der Waals surface area (Å²) in [6.45, 7) is 0. The Morgan fingerprint density at radius 3 is 2.74 bits per heavy atom. The number of carbonyl (C=O) groups excluding carboxylic acids is 1. The minimum absolute atomic E-state index is 0.0588. The number of nitrogens with zero attached hydrogens (tertiary/aromatic N) is 2. The number of benzene rings is 1. The summed E-state index contributed by atoms with van der Waals surface area (Å²) in [5.41, 5.74) is 0.726. The van der Waals surface area contributed by atoms with Crippen molar-refractivity contribution in [2.45, 2.75) is 4.90 Å². The minimum Gasteiger partial charge on any atom is -0.322 e. The van der Waals surface area contributed by atoms with Crippen molar-refractivity contribution >= 4 is 21.6 Å². The normalized spacial score (nSPS) is 11.3. The molecule has 0 saturated carbocycles. The van der Waals surface area contributed by atoms with E-state index in [4.69, 9.17) is 5.14 Å². The molecule has 0 aliphatic heterocycles. The predicted molar refractivity (Wildman–Crippen MR) is 69.0 cm³/mol. The van der Waals surface area contributed by atoms with Gasteiger partial charge in [0, 0.05) is 18.9 Å². The Morgan fingerprint density at radius 1 is 1.42 bits per heavy atom. The fraction of sp³-hybridized carbons (Fsp3) is 0.0909. The van der Waals surface area contributed by atoms with Crippen LogP contribution in [0.25, 0.3) is 0 Å². The van der Waals surface area contributed by atoms with Crippen LogP contribution in [0.1, 0.15) is 10.4 Å². The molecule has 0 atom stereocenters. The predicted octanol–water partition coefficient (Wildman–Crippen LogP) is 0.320.